The lowest BCUT2D eigenvalue weighted by Crippen LogP contribution is -2.28. The molecule has 0 unspecified atom stereocenters. The third-order valence-electron chi connectivity index (χ3n) is 4.82. The van der Waals surface area contributed by atoms with E-state index in [1.165, 1.54) is 16.4 Å². The van der Waals surface area contributed by atoms with Crippen molar-refractivity contribution in [3.8, 4) is 0 Å². The molecule has 6 heteroatoms. The first-order chi connectivity index (χ1) is 12.4. The van der Waals surface area contributed by atoms with Crippen LogP contribution in [0.25, 0.3) is 0 Å². The van der Waals surface area contributed by atoms with E-state index in [0.717, 1.165) is 24.0 Å². The van der Waals surface area contributed by atoms with Crippen LogP contribution in [-0.2, 0) is 16.6 Å². The molecule has 1 fully saturated rings. The van der Waals surface area contributed by atoms with Crippen LogP contribution < -0.4 is 0 Å². The third kappa shape index (κ3) is 3.81. The average molecular weight is 372 g/mol. The number of hydrogen-bond donors (Lipinski definition) is 0. The number of benzene rings is 2. The minimum Gasteiger partial charge on any atom is -0.337 e. The highest BCUT2D eigenvalue weighted by molar-refractivity contribution is 7.89. The Hall–Kier alpha value is -2.18. The summed E-state index contributed by atoms with van der Waals surface area (Å²) in [6, 6.07) is 14.2. The molecule has 0 saturated carbocycles. The quantitative estimate of drug-likeness (QED) is 0.811. The molecule has 0 bridgehead atoms. The van der Waals surface area contributed by atoms with Crippen LogP contribution in [0.2, 0.25) is 0 Å². The third-order valence-corrected chi connectivity index (χ3v) is 6.73. The number of nitrogens with zero attached hydrogens (tertiary/aromatic N) is 2. The maximum atomic E-state index is 12.6. The van der Waals surface area contributed by atoms with Crippen molar-refractivity contribution < 1.29 is 13.2 Å². The van der Waals surface area contributed by atoms with Gasteiger partial charge in [0.2, 0.25) is 10.0 Å². The van der Waals surface area contributed by atoms with E-state index in [0.29, 0.717) is 25.2 Å². The zero-order valence-electron chi connectivity index (χ0n) is 15.2. The SMILES string of the molecule is Cc1ccccc1CN(C)C(=O)c1ccc(S(=O)(=O)N2CCCC2)cc1. The average Bonchev–Trinajstić information content (AvgIpc) is 3.18. The molecule has 1 aliphatic heterocycles. The van der Waals surface area contributed by atoms with E-state index in [1.807, 2.05) is 31.2 Å². The molecule has 2 aromatic carbocycles. The van der Waals surface area contributed by atoms with Crippen molar-refractivity contribution in [2.24, 2.45) is 0 Å². The first kappa shape index (κ1) is 18.6. The summed E-state index contributed by atoms with van der Waals surface area (Å²) in [5, 5.41) is 0. The molecule has 0 spiro atoms. The Morgan fingerprint density at radius 2 is 1.65 bits per heavy atom. The Bertz CT molecular complexity index is 886. The van der Waals surface area contributed by atoms with Gasteiger partial charge in [-0.1, -0.05) is 24.3 Å². The molecule has 5 nitrogen and oxygen atoms in total. The lowest BCUT2D eigenvalue weighted by Gasteiger charge is -2.19. The molecule has 0 N–H and O–H groups in total. The second-order valence-corrected chi connectivity index (χ2v) is 8.66. The Morgan fingerprint density at radius 3 is 2.27 bits per heavy atom. The van der Waals surface area contributed by atoms with Gasteiger partial charge in [-0.3, -0.25) is 4.79 Å². The number of aryl methyl sites for hydroxylation is 1. The van der Waals surface area contributed by atoms with Gasteiger partial charge in [-0.25, -0.2) is 8.42 Å². The topological polar surface area (TPSA) is 57.7 Å². The predicted octanol–water partition coefficient (Wildman–Crippen LogP) is 3.05. The van der Waals surface area contributed by atoms with Crippen LogP contribution in [0.15, 0.2) is 53.4 Å². The monoisotopic (exact) mass is 372 g/mol. The number of sulfonamides is 1. The molecular weight excluding hydrogens is 348 g/mol. The van der Waals surface area contributed by atoms with Crippen molar-refractivity contribution in [3.63, 3.8) is 0 Å². The minimum atomic E-state index is -3.45. The van der Waals surface area contributed by atoms with Gasteiger partial charge in [-0.05, 0) is 55.2 Å². The van der Waals surface area contributed by atoms with Crippen LogP contribution in [0.1, 0.15) is 34.3 Å². The highest BCUT2D eigenvalue weighted by atomic mass is 32.2. The molecule has 3 rings (SSSR count). The number of rotatable bonds is 5. The second kappa shape index (κ2) is 7.60. The molecule has 0 atom stereocenters. The van der Waals surface area contributed by atoms with Gasteiger partial charge in [0.1, 0.15) is 0 Å². The first-order valence-electron chi connectivity index (χ1n) is 8.80. The van der Waals surface area contributed by atoms with E-state index in [1.54, 1.807) is 24.1 Å². The largest absolute Gasteiger partial charge is 0.337 e. The van der Waals surface area contributed by atoms with E-state index in [4.69, 9.17) is 0 Å². The van der Waals surface area contributed by atoms with Crippen molar-refractivity contribution in [3.05, 3.63) is 65.2 Å². The maximum absolute atomic E-state index is 12.6. The number of carbonyl (C=O) groups excluding carboxylic acids is 1. The van der Waals surface area contributed by atoms with Gasteiger partial charge >= 0.3 is 0 Å². The van der Waals surface area contributed by atoms with Gasteiger partial charge in [0.05, 0.1) is 4.90 Å². The van der Waals surface area contributed by atoms with E-state index < -0.39 is 10.0 Å². The molecule has 1 heterocycles. The summed E-state index contributed by atoms with van der Waals surface area (Å²) in [4.78, 5) is 14.5. The highest BCUT2D eigenvalue weighted by Gasteiger charge is 2.27. The molecule has 138 valence electrons. The highest BCUT2D eigenvalue weighted by Crippen LogP contribution is 2.21. The van der Waals surface area contributed by atoms with Crippen molar-refractivity contribution in [1.29, 1.82) is 0 Å². The van der Waals surface area contributed by atoms with Crippen LogP contribution in [0.3, 0.4) is 0 Å². The Balaban J connectivity index is 1.73. The molecule has 0 radical (unpaired) electrons. The summed E-state index contributed by atoms with van der Waals surface area (Å²) in [6.45, 7) is 3.68. The summed E-state index contributed by atoms with van der Waals surface area (Å²) >= 11 is 0. The molecule has 1 amide bonds. The van der Waals surface area contributed by atoms with Gasteiger partial charge in [0, 0.05) is 32.2 Å². The lowest BCUT2D eigenvalue weighted by atomic mass is 10.1. The Labute approximate surface area is 155 Å². The lowest BCUT2D eigenvalue weighted by molar-refractivity contribution is 0.0785. The van der Waals surface area contributed by atoms with Crippen molar-refractivity contribution >= 4 is 15.9 Å². The summed E-state index contributed by atoms with van der Waals surface area (Å²) in [6.07, 6.45) is 1.80. The zero-order valence-corrected chi connectivity index (χ0v) is 16.0. The second-order valence-electron chi connectivity index (χ2n) is 6.72. The molecule has 1 saturated heterocycles. The Kier molecular flexibility index (Phi) is 5.44. The van der Waals surface area contributed by atoms with Gasteiger partial charge in [-0.2, -0.15) is 4.31 Å². The summed E-state index contributed by atoms with van der Waals surface area (Å²) in [5.74, 6) is -0.127. The maximum Gasteiger partial charge on any atom is 0.253 e. The predicted molar refractivity (Wildman–Crippen MR) is 101 cm³/mol. The van der Waals surface area contributed by atoms with E-state index >= 15 is 0 Å². The van der Waals surface area contributed by atoms with Crippen LogP contribution in [0, 0.1) is 6.92 Å². The molecule has 26 heavy (non-hydrogen) atoms. The van der Waals surface area contributed by atoms with E-state index in [2.05, 4.69) is 0 Å². The molecule has 0 aliphatic carbocycles. The van der Waals surface area contributed by atoms with Crippen LogP contribution in [-0.4, -0.2) is 43.7 Å². The number of amides is 1. The Morgan fingerprint density at radius 1 is 1.04 bits per heavy atom. The fourth-order valence-electron chi connectivity index (χ4n) is 3.18. The van der Waals surface area contributed by atoms with Crippen molar-refractivity contribution in [2.45, 2.75) is 31.2 Å². The summed E-state index contributed by atoms with van der Waals surface area (Å²) in [7, 11) is -1.69. The molecule has 0 aromatic heterocycles. The smallest absolute Gasteiger partial charge is 0.253 e. The van der Waals surface area contributed by atoms with E-state index in [9.17, 15) is 13.2 Å². The number of carbonyl (C=O) groups is 1. The molecule has 2 aromatic rings. The standard InChI is InChI=1S/C20H24N2O3S/c1-16-7-3-4-8-18(16)15-21(2)20(23)17-9-11-19(12-10-17)26(24,25)22-13-5-6-14-22/h3-4,7-12H,5-6,13-15H2,1-2H3. The fraction of sp³-hybridized carbons (Fsp3) is 0.350. The first-order valence-corrected chi connectivity index (χ1v) is 10.2. The van der Waals surface area contributed by atoms with Crippen LogP contribution in [0.5, 0.6) is 0 Å². The normalized spacial score (nSPS) is 15.2. The van der Waals surface area contributed by atoms with Crippen molar-refractivity contribution in [1.82, 2.24) is 9.21 Å². The van der Waals surface area contributed by atoms with E-state index in [-0.39, 0.29) is 10.8 Å². The van der Waals surface area contributed by atoms with Crippen molar-refractivity contribution in [2.75, 3.05) is 20.1 Å². The van der Waals surface area contributed by atoms with Gasteiger partial charge in [0.25, 0.3) is 5.91 Å². The zero-order chi connectivity index (χ0) is 18.7. The summed E-state index contributed by atoms with van der Waals surface area (Å²) < 4.78 is 26.6. The van der Waals surface area contributed by atoms with Crippen LogP contribution in [0.4, 0.5) is 0 Å². The summed E-state index contributed by atoms with van der Waals surface area (Å²) in [5.41, 5.74) is 2.72. The molecule has 1 aliphatic rings. The van der Waals surface area contributed by atoms with Gasteiger partial charge in [-0.15, -0.1) is 0 Å². The molecular formula is C20H24N2O3S. The minimum absolute atomic E-state index is 0.127. The van der Waals surface area contributed by atoms with Gasteiger partial charge in [0.15, 0.2) is 0 Å². The fourth-order valence-corrected chi connectivity index (χ4v) is 4.70. The van der Waals surface area contributed by atoms with Gasteiger partial charge < -0.3 is 4.90 Å². The van der Waals surface area contributed by atoms with Crippen LogP contribution >= 0.6 is 0 Å². The number of hydrogen-bond acceptors (Lipinski definition) is 3.